The van der Waals surface area contributed by atoms with Gasteiger partial charge in [-0.2, -0.15) is 0 Å². The number of amides is 2. The van der Waals surface area contributed by atoms with Gasteiger partial charge >= 0.3 is 0 Å². The quantitative estimate of drug-likeness (QED) is 0.709. The van der Waals surface area contributed by atoms with Crippen molar-refractivity contribution < 1.29 is 14.3 Å². The molecule has 2 aromatic carbocycles. The third kappa shape index (κ3) is 6.07. The van der Waals surface area contributed by atoms with Crippen LogP contribution in [0.15, 0.2) is 42.5 Å². The summed E-state index contributed by atoms with van der Waals surface area (Å²) in [5, 5.41) is 5.75. The molecule has 0 aromatic heterocycles. The molecule has 0 bridgehead atoms. The third-order valence-corrected chi connectivity index (χ3v) is 6.07. The highest BCUT2D eigenvalue weighted by molar-refractivity contribution is 5.96. The molecule has 2 amide bonds. The van der Waals surface area contributed by atoms with E-state index in [0.717, 1.165) is 50.2 Å². The molecule has 0 saturated carbocycles. The molecule has 1 fully saturated rings. The minimum absolute atomic E-state index is 0.143. The molecule has 0 spiro atoms. The van der Waals surface area contributed by atoms with Gasteiger partial charge in [0.2, 0.25) is 11.8 Å². The zero-order valence-electron chi connectivity index (χ0n) is 18.2. The topological polar surface area (TPSA) is 70.7 Å². The van der Waals surface area contributed by atoms with Gasteiger partial charge in [-0.1, -0.05) is 6.07 Å². The lowest BCUT2D eigenvalue weighted by atomic mass is 10.1. The Morgan fingerprint density at radius 3 is 2.23 bits per heavy atom. The number of aryl methyl sites for hydroxylation is 2. The molecule has 0 atom stereocenters. The van der Waals surface area contributed by atoms with Crippen LogP contribution in [-0.4, -0.2) is 43.0 Å². The summed E-state index contributed by atoms with van der Waals surface area (Å²) in [7, 11) is 2.13. The zero-order valence-corrected chi connectivity index (χ0v) is 18.2. The van der Waals surface area contributed by atoms with E-state index < -0.39 is 0 Å². The number of likely N-dealkylation sites (tertiary alicyclic amines) is 1. The van der Waals surface area contributed by atoms with E-state index in [9.17, 15) is 9.59 Å². The average molecular weight is 422 g/mol. The van der Waals surface area contributed by atoms with Crippen LogP contribution in [0.25, 0.3) is 0 Å². The van der Waals surface area contributed by atoms with E-state index in [-0.39, 0.29) is 30.8 Å². The zero-order chi connectivity index (χ0) is 21.6. The van der Waals surface area contributed by atoms with Gasteiger partial charge in [0.25, 0.3) is 0 Å². The van der Waals surface area contributed by atoms with Crippen LogP contribution in [0.2, 0.25) is 0 Å². The molecule has 6 heteroatoms. The van der Waals surface area contributed by atoms with Gasteiger partial charge in [-0.3, -0.25) is 9.59 Å². The number of carbonyl (C=O) groups is 2. The number of ether oxygens (including phenoxy) is 1. The number of nitrogens with zero attached hydrogens (tertiary/aromatic N) is 1. The fraction of sp³-hybridized carbons (Fsp3) is 0.440. The van der Waals surface area contributed by atoms with Gasteiger partial charge in [0.05, 0.1) is 0 Å². The molecule has 1 heterocycles. The normalized spacial score (nSPS) is 16.5. The van der Waals surface area contributed by atoms with E-state index in [1.165, 1.54) is 17.5 Å². The molecular weight excluding hydrogens is 390 g/mol. The van der Waals surface area contributed by atoms with Crippen LogP contribution in [0.5, 0.6) is 5.75 Å². The number of hydrogen-bond donors (Lipinski definition) is 2. The molecule has 0 unspecified atom stereocenters. The van der Waals surface area contributed by atoms with E-state index in [2.05, 4.69) is 34.7 Å². The predicted octanol–water partition coefficient (Wildman–Crippen LogP) is 4.01. The Balaban J connectivity index is 1.19. The minimum atomic E-state index is -0.173. The van der Waals surface area contributed by atoms with E-state index in [1.807, 2.05) is 30.3 Å². The maximum atomic E-state index is 12.2. The molecule has 6 nitrogen and oxygen atoms in total. The molecule has 1 aliphatic heterocycles. The summed E-state index contributed by atoms with van der Waals surface area (Å²) in [5.74, 6) is 0.504. The van der Waals surface area contributed by atoms with Crippen molar-refractivity contribution in [2.75, 3.05) is 30.8 Å². The molecule has 31 heavy (non-hydrogen) atoms. The molecule has 2 aliphatic rings. The van der Waals surface area contributed by atoms with Gasteiger partial charge in [-0.05, 0) is 86.7 Å². The number of anilines is 2. The van der Waals surface area contributed by atoms with Gasteiger partial charge in [0.15, 0.2) is 0 Å². The Morgan fingerprint density at radius 2 is 1.52 bits per heavy atom. The molecule has 0 radical (unpaired) electrons. The first-order chi connectivity index (χ1) is 15.0. The average Bonchev–Trinajstić information content (AvgIpc) is 3.23. The van der Waals surface area contributed by atoms with E-state index in [0.29, 0.717) is 5.69 Å². The number of hydrogen-bond acceptors (Lipinski definition) is 4. The Morgan fingerprint density at radius 1 is 0.903 bits per heavy atom. The third-order valence-electron chi connectivity index (χ3n) is 6.07. The Hall–Kier alpha value is -2.86. The SMILES string of the molecule is CN1CCC(Oc2ccc(NC(=O)CCC(=O)Nc3ccc4c(c3)CCC4)cc2)CC1. The van der Waals surface area contributed by atoms with Crippen molar-refractivity contribution in [2.45, 2.75) is 51.0 Å². The maximum absolute atomic E-state index is 12.2. The predicted molar refractivity (Wildman–Crippen MR) is 123 cm³/mol. The Kier molecular flexibility index (Phi) is 6.87. The minimum Gasteiger partial charge on any atom is -0.490 e. The van der Waals surface area contributed by atoms with Crippen molar-refractivity contribution in [3.63, 3.8) is 0 Å². The van der Waals surface area contributed by atoms with Gasteiger partial charge in [-0.15, -0.1) is 0 Å². The van der Waals surface area contributed by atoms with Crippen LogP contribution in [0.3, 0.4) is 0 Å². The van der Waals surface area contributed by atoms with E-state index >= 15 is 0 Å². The van der Waals surface area contributed by atoms with Crippen molar-refractivity contribution >= 4 is 23.2 Å². The highest BCUT2D eigenvalue weighted by atomic mass is 16.5. The number of nitrogens with one attached hydrogen (secondary N) is 2. The summed E-state index contributed by atoms with van der Waals surface area (Å²) in [6.07, 6.45) is 5.98. The lowest BCUT2D eigenvalue weighted by Crippen LogP contribution is -2.35. The van der Waals surface area contributed by atoms with Crippen molar-refractivity contribution in [1.29, 1.82) is 0 Å². The fourth-order valence-electron chi connectivity index (χ4n) is 4.24. The van der Waals surface area contributed by atoms with Gasteiger partial charge in [0, 0.05) is 37.3 Å². The van der Waals surface area contributed by atoms with Crippen molar-refractivity contribution in [3.8, 4) is 5.75 Å². The Labute approximate surface area is 184 Å². The first-order valence-corrected chi connectivity index (χ1v) is 11.2. The molecule has 2 N–H and O–H groups in total. The lowest BCUT2D eigenvalue weighted by Gasteiger charge is -2.29. The number of carbonyl (C=O) groups excluding carboxylic acids is 2. The van der Waals surface area contributed by atoms with Gasteiger partial charge in [-0.25, -0.2) is 0 Å². The van der Waals surface area contributed by atoms with E-state index in [4.69, 9.17) is 4.74 Å². The molecule has 1 aliphatic carbocycles. The largest absolute Gasteiger partial charge is 0.490 e. The van der Waals surface area contributed by atoms with Crippen LogP contribution in [0, 0.1) is 0 Å². The summed E-state index contributed by atoms with van der Waals surface area (Å²) in [6, 6.07) is 13.5. The maximum Gasteiger partial charge on any atom is 0.224 e. The molecule has 2 aromatic rings. The highest BCUT2D eigenvalue weighted by Crippen LogP contribution is 2.25. The second-order valence-electron chi connectivity index (χ2n) is 8.58. The lowest BCUT2D eigenvalue weighted by molar-refractivity contribution is -0.121. The number of piperidine rings is 1. The molecular formula is C25H31N3O3. The van der Waals surface area contributed by atoms with Crippen LogP contribution in [0.1, 0.15) is 43.2 Å². The first kappa shape index (κ1) is 21.4. The summed E-state index contributed by atoms with van der Waals surface area (Å²) in [6.45, 7) is 2.11. The monoisotopic (exact) mass is 421 g/mol. The fourth-order valence-corrected chi connectivity index (χ4v) is 4.24. The standard InChI is InChI=1S/C25H31N3O3/c1-28-15-13-23(14-16-28)31-22-9-7-20(8-10-22)26-24(29)11-12-25(30)27-21-6-5-18-3-2-4-19(18)17-21/h5-10,17,23H,2-4,11-16H2,1H3,(H,26,29)(H,27,30). The van der Waals surface area contributed by atoms with Crippen molar-refractivity contribution in [1.82, 2.24) is 4.90 Å². The number of rotatable bonds is 7. The highest BCUT2D eigenvalue weighted by Gasteiger charge is 2.18. The summed E-state index contributed by atoms with van der Waals surface area (Å²) in [4.78, 5) is 26.8. The summed E-state index contributed by atoms with van der Waals surface area (Å²) in [5.41, 5.74) is 4.21. The van der Waals surface area contributed by atoms with Crippen molar-refractivity contribution in [2.24, 2.45) is 0 Å². The number of benzene rings is 2. The summed E-state index contributed by atoms with van der Waals surface area (Å²) >= 11 is 0. The van der Waals surface area contributed by atoms with E-state index in [1.54, 1.807) is 0 Å². The first-order valence-electron chi connectivity index (χ1n) is 11.2. The second-order valence-corrected chi connectivity index (χ2v) is 8.58. The van der Waals surface area contributed by atoms with Crippen LogP contribution in [-0.2, 0) is 22.4 Å². The van der Waals surface area contributed by atoms with Crippen LogP contribution in [0.4, 0.5) is 11.4 Å². The smallest absolute Gasteiger partial charge is 0.224 e. The van der Waals surface area contributed by atoms with Gasteiger partial charge < -0.3 is 20.3 Å². The Bertz CT molecular complexity index is 918. The van der Waals surface area contributed by atoms with Crippen molar-refractivity contribution in [3.05, 3.63) is 53.6 Å². The van der Waals surface area contributed by atoms with Gasteiger partial charge in [0.1, 0.15) is 11.9 Å². The second kappa shape index (κ2) is 9.96. The van der Waals surface area contributed by atoms with Crippen LogP contribution >= 0.6 is 0 Å². The number of fused-ring (bicyclic) bond motifs is 1. The molecule has 4 rings (SSSR count). The van der Waals surface area contributed by atoms with Crippen LogP contribution < -0.4 is 15.4 Å². The molecule has 164 valence electrons. The molecule has 1 saturated heterocycles. The summed E-state index contributed by atoms with van der Waals surface area (Å²) < 4.78 is 6.03.